The second kappa shape index (κ2) is 9.59. The zero-order valence-electron chi connectivity index (χ0n) is 18.3. The Morgan fingerprint density at radius 3 is 2.55 bits per heavy atom. The van der Waals surface area contributed by atoms with Gasteiger partial charge in [-0.05, 0) is 61.7 Å². The molecule has 1 heterocycles. The van der Waals surface area contributed by atoms with Gasteiger partial charge in [-0.25, -0.2) is 4.98 Å². The topological polar surface area (TPSA) is 64.0 Å². The number of anilines is 1. The highest BCUT2D eigenvalue weighted by Crippen LogP contribution is 2.33. The van der Waals surface area contributed by atoms with Crippen LogP contribution in [0.15, 0.2) is 64.5 Å². The first-order chi connectivity index (χ1) is 15.8. The Balaban J connectivity index is 1.72. The van der Waals surface area contributed by atoms with Gasteiger partial charge in [-0.15, -0.1) is 0 Å². The van der Waals surface area contributed by atoms with Gasteiger partial charge < -0.3 is 5.32 Å². The summed E-state index contributed by atoms with van der Waals surface area (Å²) in [7, 11) is 0. The second-order valence-corrected chi connectivity index (χ2v) is 9.39. The Morgan fingerprint density at radius 1 is 1.00 bits per heavy atom. The molecular weight excluding hydrogens is 477 g/mol. The zero-order valence-corrected chi connectivity index (χ0v) is 20.6. The van der Waals surface area contributed by atoms with Crippen molar-refractivity contribution < 1.29 is 4.79 Å². The highest BCUT2D eigenvalue weighted by Gasteiger charge is 2.18. The molecule has 3 aromatic carbocycles. The van der Waals surface area contributed by atoms with E-state index in [9.17, 15) is 9.59 Å². The maximum Gasteiger partial charge on any atom is 0.266 e. The molecule has 0 fully saturated rings. The van der Waals surface area contributed by atoms with Crippen molar-refractivity contribution in [1.29, 1.82) is 0 Å². The van der Waals surface area contributed by atoms with Crippen LogP contribution in [0.1, 0.15) is 16.7 Å². The Labute approximate surface area is 205 Å². The number of amides is 1. The lowest BCUT2D eigenvalue weighted by Gasteiger charge is -2.16. The monoisotopic (exact) mass is 497 g/mol. The number of aryl methyl sites for hydroxylation is 2. The molecule has 8 heteroatoms. The second-order valence-electron chi connectivity index (χ2n) is 7.66. The van der Waals surface area contributed by atoms with Crippen molar-refractivity contribution in [3.63, 3.8) is 0 Å². The van der Waals surface area contributed by atoms with Gasteiger partial charge in [-0.2, -0.15) is 0 Å². The molecule has 0 unspecified atom stereocenters. The lowest BCUT2D eigenvalue weighted by Crippen LogP contribution is -2.23. The smallest absolute Gasteiger partial charge is 0.266 e. The number of aromatic nitrogens is 2. The van der Waals surface area contributed by atoms with Crippen molar-refractivity contribution in [2.75, 3.05) is 11.1 Å². The van der Waals surface area contributed by atoms with E-state index < -0.39 is 0 Å². The Kier molecular flexibility index (Phi) is 6.79. The predicted molar refractivity (Wildman–Crippen MR) is 137 cm³/mol. The van der Waals surface area contributed by atoms with Crippen LogP contribution in [0.5, 0.6) is 0 Å². The Bertz CT molecular complexity index is 1450. The average Bonchev–Trinajstić information content (AvgIpc) is 2.80. The van der Waals surface area contributed by atoms with Crippen LogP contribution in [0.25, 0.3) is 16.6 Å². The fourth-order valence-electron chi connectivity index (χ4n) is 3.48. The third kappa shape index (κ3) is 4.64. The highest BCUT2D eigenvalue weighted by molar-refractivity contribution is 7.99. The van der Waals surface area contributed by atoms with Gasteiger partial charge in [0.05, 0.1) is 38.1 Å². The Morgan fingerprint density at radius 2 is 1.76 bits per heavy atom. The van der Waals surface area contributed by atoms with E-state index in [1.807, 2.05) is 51.1 Å². The fraction of sp³-hybridized carbons (Fsp3) is 0.160. The minimum absolute atomic E-state index is 0.0241. The number of thioether (sulfide) groups is 1. The molecule has 0 saturated carbocycles. The molecule has 1 aromatic heterocycles. The summed E-state index contributed by atoms with van der Waals surface area (Å²) in [6.45, 7) is 5.80. The molecule has 0 saturated heterocycles. The maximum atomic E-state index is 13.4. The molecule has 5 nitrogen and oxygen atoms in total. The standard InChI is InChI=1S/C25H21Cl2N3O2S/c1-14-7-6-10-20(16(14)3)30-24(32)17-8-4-5-9-19(17)28-25(30)33-13-21(31)29-23-18(26)12-11-15(2)22(23)27/h4-12H,13H2,1-3H3,(H,29,31). The summed E-state index contributed by atoms with van der Waals surface area (Å²) in [6, 6.07) is 16.5. The molecule has 0 atom stereocenters. The molecule has 4 aromatic rings. The van der Waals surface area contributed by atoms with Crippen LogP contribution in [0.4, 0.5) is 5.69 Å². The third-order valence-electron chi connectivity index (χ3n) is 5.44. The van der Waals surface area contributed by atoms with E-state index in [1.165, 1.54) is 11.8 Å². The lowest BCUT2D eigenvalue weighted by atomic mass is 10.1. The molecule has 0 aliphatic carbocycles. The molecule has 0 radical (unpaired) electrons. The normalized spacial score (nSPS) is 11.1. The highest BCUT2D eigenvalue weighted by atomic mass is 35.5. The van der Waals surface area contributed by atoms with Crippen LogP contribution in [0.2, 0.25) is 10.0 Å². The molecule has 0 bridgehead atoms. The average molecular weight is 498 g/mol. The molecule has 0 aliphatic rings. The maximum absolute atomic E-state index is 13.4. The van der Waals surface area contributed by atoms with Crippen LogP contribution < -0.4 is 10.9 Å². The van der Waals surface area contributed by atoms with E-state index in [4.69, 9.17) is 28.2 Å². The Hall–Kier alpha value is -2.80. The largest absolute Gasteiger partial charge is 0.323 e. The lowest BCUT2D eigenvalue weighted by molar-refractivity contribution is -0.113. The summed E-state index contributed by atoms with van der Waals surface area (Å²) in [5.74, 6) is -0.278. The first-order valence-corrected chi connectivity index (χ1v) is 12.0. The molecule has 1 N–H and O–H groups in total. The number of rotatable bonds is 5. The van der Waals surface area contributed by atoms with E-state index in [0.717, 1.165) is 22.4 Å². The number of carbonyl (C=O) groups excluding carboxylic acids is 1. The van der Waals surface area contributed by atoms with Gasteiger partial charge in [0.2, 0.25) is 5.91 Å². The first kappa shape index (κ1) is 23.4. The van der Waals surface area contributed by atoms with Crippen molar-refractivity contribution in [3.8, 4) is 5.69 Å². The number of para-hydroxylation sites is 1. The van der Waals surface area contributed by atoms with Crippen LogP contribution in [0.3, 0.4) is 0 Å². The van der Waals surface area contributed by atoms with Gasteiger partial charge in [0.1, 0.15) is 0 Å². The minimum Gasteiger partial charge on any atom is -0.323 e. The molecule has 0 spiro atoms. The van der Waals surface area contributed by atoms with E-state index in [-0.39, 0.29) is 17.2 Å². The van der Waals surface area contributed by atoms with Crippen LogP contribution in [-0.4, -0.2) is 21.2 Å². The summed E-state index contributed by atoms with van der Waals surface area (Å²) in [4.78, 5) is 30.9. The molecule has 168 valence electrons. The fourth-order valence-corrected chi connectivity index (χ4v) is 4.75. The van der Waals surface area contributed by atoms with Crippen molar-refractivity contribution in [3.05, 3.63) is 91.7 Å². The molecule has 0 aliphatic heterocycles. The number of carbonyl (C=O) groups is 1. The van der Waals surface area contributed by atoms with Gasteiger partial charge in [0, 0.05) is 0 Å². The van der Waals surface area contributed by atoms with E-state index in [2.05, 4.69) is 5.32 Å². The van der Waals surface area contributed by atoms with Gasteiger partial charge in [0.25, 0.3) is 5.56 Å². The van der Waals surface area contributed by atoms with E-state index >= 15 is 0 Å². The number of benzene rings is 3. The first-order valence-electron chi connectivity index (χ1n) is 10.2. The summed E-state index contributed by atoms with van der Waals surface area (Å²) < 4.78 is 1.58. The van der Waals surface area contributed by atoms with Crippen LogP contribution >= 0.6 is 35.0 Å². The minimum atomic E-state index is -0.302. The summed E-state index contributed by atoms with van der Waals surface area (Å²) in [5, 5.41) is 4.50. The van der Waals surface area contributed by atoms with E-state index in [0.29, 0.717) is 31.8 Å². The van der Waals surface area contributed by atoms with Crippen LogP contribution in [-0.2, 0) is 4.79 Å². The zero-order chi connectivity index (χ0) is 23.7. The number of hydrogen-bond donors (Lipinski definition) is 1. The van der Waals surface area contributed by atoms with Crippen LogP contribution in [0, 0.1) is 20.8 Å². The molecular formula is C25H21Cl2N3O2S. The van der Waals surface area contributed by atoms with Crippen molar-refractivity contribution in [2.45, 2.75) is 25.9 Å². The number of nitrogens with one attached hydrogen (secondary N) is 1. The molecule has 33 heavy (non-hydrogen) atoms. The number of nitrogens with zero attached hydrogens (tertiary/aromatic N) is 2. The summed E-state index contributed by atoms with van der Waals surface area (Å²) in [6.07, 6.45) is 0. The van der Waals surface area contributed by atoms with Crippen molar-refractivity contribution >= 4 is 57.5 Å². The van der Waals surface area contributed by atoms with Crippen molar-refractivity contribution in [1.82, 2.24) is 9.55 Å². The summed E-state index contributed by atoms with van der Waals surface area (Å²) in [5.41, 5.74) is 4.36. The number of halogens is 2. The van der Waals surface area contributed by atoms with Gasteiger partial charge in [-0.1, -0.05) is 65.3 Å². The SMILES string of the molecule is Cc1cccc(-n2c(SCC(=O)Nc3c(Cl)ccc(C)c3Cl)nc3ccccc3c2=O)c1C. The van der Waals surface area contributed by atoms with Gasteiger partial charge in [-0.3, -0.25) is 14.2 Å². The number of fused-ring (bicyclic) bond motifs is 1. The number of hydrogen-bond acceptors (Lipinski definition) is 4. The molecule has 4 rings (SSSR count). The summed E-state index contributed by atoms with van der Waals surface area (Å²) >= 11 is 13.7. The van der Waals surface area contributed by atoms with Gasteiger partial charge in [0.15, 0.2) is 5.16 Å². The van der Waals surface area contributed by atoms with Gasteiger partial charge >= 0.3 is 0 Å². The predicted octanol–water partition coefficient (Wildman–Crippen LogP) is 6.35. The van der Waals surface area contributed by atoms with E-state index in [1.54, 1.807) is 28.8 Å². The quantitative estimate of drug-likeness (QED) is 0.257. The molecule has 1 amide bonds. The third-order valence-corrected chi connectivity index (χ3v) is 7.18. The van der Waals surface area contributed by atoms with Crippen molar-refractivity contribution in [2.24, 2.45) is 0 Å².